The van der Waals surface area contributed by atoms with Gasteiger partial charge in [0.1, 0.15) is 0 Å². The summed E-state index contributed by atoms with van der Waals surface area (Å²) in [5.74, 6) is 0. The number of benzene rings is 1. The van der Waals surface area contributed by atoms with Crippen LogP contribution in [0.2, 0.25) is 0 Å². The van der Waals surface area contributed by atoms with Gasteiger partial charge in [-0.25, -0.2) is 0 Å². The SMILES string of the molecule is C=CC(C)Sc1cccc(CNC2CC2)c1. The van der Waals surface area contributed by atoms with E-state index in [0.29, 0.717) is 5.25 Å². The smallest absolute Gasteiger partial charge is 0.0243 e. The summed E-state index contributed by atoms with van der Waals surface area (Å²) in [5.41, 5.74) is 1.38. The van der Waals surface area contributed by atoms with E-state index in [1.807, 2.05) is 17.8 Å². The van der Waals surface area contributed by atoms with E-state index in [1.165, 1.54) is 23.3 Å². The van der Waals surface area contributed by atoms with Gasteiger partial charge in [-0.15, -0.1) is 18.3 Å². The molecule has 0 heterocycles. The first kappa shape index (κ1) is 11.7. The fourth-order valence-electron chi connectivity index (χ4n) is 1.54. The fraction of sp³-hybridized carbons (Fsp3) is 0.429. The highest BCUT2D eigenvalue weighted by Crippen LogP contribution is 2.25. The van der Waals surface area contributed by atoms with Crippen LogP contribution in [0, 0.1) is 0 Å². The summed E-state index contributed by atoms with van der Waals surface area (Å²) in [5, 5.41) is 4.02. The molecule has 0 spiro atoms. The standard InChI is InChI=1S/C14H19NS/c1-3-11(2)16-14-6-4-5-12(9-14)10-15-13-7-8-13/h3-6,9,11,13,15H,1,7-8,10H2,2H3. The molecule has 1 aliphatic rings. The summed E-state index contributed by atoms with van der Waals surface area (Å²) in [6.07, 6.45) is 4.68. The van der Waals surface area contributed by atoms with Crippen molar-refractivity contribution in [3.05, 3.63) is 42.5 Å². The zero-order chi connectivity index (χ0) is 11.4. The molecule has 1 unspecified atom stereocenters. The molecule has 1 aliphatic carbocycles. The molecule has 1 N–H and O–H groups in total. The molecule has 1 fully saturated rings. The minimum atomic E-state index is 0.478. The molecule has 86 valence electrons. The first-order valence-corrected chi connectivity index (χ1v) is 6.77. The average molecular weight is 233 g/mol. The van der Waals surface area contributed by atoms with Crippen LogP contribution < -0.4 is 5.32 Å². The lowest BCUT2D eigenvalue weighted by Gasteiger charge is -2.08. The van der Waals surface area contributed by atoms with Gasteiger partial charge in [0.25, 0.3) is 0 Å². The summed E-state index contributed by atoms with van der Waals surface area (Å²) in [6, 6.07) is 9.56. The lowest BCUT2D eigenvalue weighted by molar-refractivity contribution is 0.687. The highest BCUT2D eigenvalue weighted by atomic mass is 32.2. The average Bonchev–Trinajstić information content (AvgIpc) is 3.10. The van der Waals surface area contributed by atoms with Crippen molar-refractivity contribution in [3.8, 4) is 0 Å². The fourth-order valence-corrected chi connectivity index (χ4v) is 2.44. The number of rotatable bonds is 6. The molecule has 1 saturated carbocycles. The Morgan fingerprint density at radius 3 is 3.06 bits per heavy atom. The van der Waals surface area contributed by atoms with Gasteiger partial charge < -0.3 is 5.32 Å². The van der Waals surface area contributed by atoms with E-state index >= 15 is 0 Å². The van der Waals surface area contributed by atoms with E-state index in [0.717, 1.165) is 12.6 Å². The minimum absolute atomic E-state index is 0.478. The number of hydrogen-bond acceptors (Lipinski definition) is 2. The van der Waals surface area contributed by atoms with Crippen LogP contribution in [0.1, 0.15) is 25.3 Å². The van der Waals surface area contributed by atoms with Crippen molar-refractivity contribution in [1.82, 2.24) is 5.32 Å². The first-order chi connectivity index (χ1) is 7.78. The number of thioether (sulfide) groups is 1. The molecule has 0 amide bonds. The van der Waals surface area contributed by atoms with E-state index in [-0.39, 0.29) is 0 Å². The van der Waals surface area contributed by atoms with Crippen molar-refractivity contribution in [2.75, 3.05) is 0 Å². The molecule has 1 aromatic carbocycles. The second-order valence-corrected chi connectivity index (χ2v) is 5.81. The molecule has 0 saturated heterocycles. The van der Waals surface area contributed by atoms with E-state index < -0.39 is 0 Å². The molecule has 2 heteroatoms. The highest BCUT2D eigenvalue weighted by molar-refractivity contribution is 8.00. The quantitative estimate of drug-likeness (QED) is 0.595. The summed E-state index contributed by atoms with van der Waals surface area (Å²) in [7, 11) is 0. The van der Waals surface area contributed by atoms with Crippen molar-refractivity contribution < 1.29 is 0 Å². The maximum atomic E-state index is 3.81. The predicted molar refractivity (Wildman–Crippen MR) is 71.8 cm³/mol. The van der Waals surface area contributed by atoms with Crippen LogP contribution in [0.25, 0.3) is 0 Å². The van der Waals surface area contributed by atoms with Gasteiger partial charge in [-0.05, 0) is 37.5 Å². The Kier molecular flexibility index (Phi) is 4.08. The maximum absolute atomic E-state index is 3.81. The summed E-state index contributed by atoms with van der Waals surface area (Å²) >= 11 is 1.86. The van der Waals surface area contributed by atoms with E-state index in [1.54, 1.807) is 0 Å². The van der Waals surface area contributed by atoms with Gasteiger partial charge in [0.15, 0.2) is 0 Å². The zero-order valence-electron chi connectivity index (χ0n) is 9.78. The Labute approximate surface area is 102 Å². The molecular formula is C14H19NS. The van der Waals surface area contributed by atoms with Crippen LogP contribution in [0.15, 0.2) is 41.8 Å². The van der Waals surface area contributed by atoms with Gasteiger partial charge in [-0.3, -0.25) is 0 Å². The Hall–Kier alpha value is -0.730. The van der Waals surface area contributed by atoms with Crippen LogP contribution in [0.5, 0.6) is 0 Å². The van der Waals surface area contributed by atoms with Crippen LogP contribution >= 0.6 is 11.8 Å². The Bertz CT molecular complexity index is 358. The highest BCUT2D eigenvalue weighted by Gasteiger charge is 2.19. The first-order valence-electron chi connectivity index (χ1n) is 5.89. The normalized spacial score (nSPS) is 17.1. The molecule has 1 nitrogen and oxygen atoms in total. The van der Waals surface area contributed by atoms with Gasteiger partial charge in [-0.1, -0.05) is 18.2 Å². The van der Waals surface area contributed by atoms with Crippen LogP contribution in [-0.4, -0.2) is 11.3 Å². The van der Waals surface area contributed by atoms with E-state index in [2.05, 4.69) is 43.1 Å². The summed E-state index contributed by atoms with van der Waals surface area (Å²) < 4.78 is 0. The Morgan fingerprint density at radius 2 is 2.38 bits per heavy atom. The van der Waals surface area contributed by atoms with Crippen molar-refractivity contribution in [2.45, 2.75) is 42.5 Å². The van der Waals surface area contributed by atoms with E-state index in [4.69, 9.17) is 0 Å². The van der Waals surface area contributed by atoms with E-state index in [9.17, 15) is 0 Å². The van der Waals surface area contributed by atoms with Gasteiger partial charge >= 0.3 is 0 Å². The second-order valence-electron chi connectivity index (χ2n) is 4.36. The van der Waals surface area contributed by atoms with Crippen molar-refractivity contribution in [1.29, 1.82) is 0 Å². The van der Waals surface area contributed by atoms with Gasteiger partial charge in [-0.2, -0.15) is 0 Å². The number of hydrogen-bond donors (Lipinski definition) is 1. The predicted octanol–water partition coefficient (Wildman–Crippen LogP) is 3.61. The van der Waals surface area contributed by atoms with Gasteiger partial charge in [0, 0.05) is 22.7 Å². The second kappa shape index (κ2) is 5.55. The minimum Gasteiger partial charge on any atom is -0.310 e. The van der Waals surface area contributed by atoms with Crippen LogP contribution in [-0.2, 0) is 6.54 Å². The van der Waals surface area contributed by atoms with Gasteiger partial charge in [0.05, 0.1) is 0 Å². The van der Waals surface area contributed by atoms with Gasteiger partial charge in [0.2, 0.25) is 0 Å². The van der Waals surface area contributed by atoms with Crippen molar-refractivity contribution in [2.24, 2.45) is 0 Å². The number of nitrogens with one attached hydrogen (secondary N) is 1. The van der Waals surface area contributed by atoms with Crippen molar-refractivity contribution in [3.63, 3.8) is 0 Å². The molecule has 0 aromatic heterocycles. The zero-order valence-corrected chi connectivity index (χ0v) is 10.6. The monoisotopic (exact) mass is 233 g/mol. The molecular weight excluding hydrogens is 214 g/mol. The molecule has 0 bridgehead atoms. The maximum Gasteiger partial charge on any atom is 0.0243 e. The molecule has 2 rings (SSSR count). The third-order valence-electron chi connectivity index (χ3n) is 2.72. The lowest BCUT2D eigenvalue weighted by Crippen LogP contribution is -2.15. The Balaban J connectivity index is 1.91. The topological polar surface area (TPSA) is 12.0 Å². The van der Waals surface area contributed by atoms with Crippen LogP contribution in [0.3, 0.4) is 0 Å². The van der Waals surface area contributed by atoms with Crippen LogP contribution in [0.4, 0.5) is 0 Å². The molecule has 1 atom stereocenters. The third kappa shape index (κ3) is 3.69. The third-order valence-corrected chi connectivity index (χ3v) is 3.81. The van der Waals surface area contributed by atoms with Crippen molar-refractivity contribution >= 4 is 11.8 Å². The summed E-state index contributed by atoms with van der Waals surface area (Å²) in [4.78, 5) is 1.34. The molecule has 0 aliphatic heterocycles. The molecule has 0 radical (unpaired) electrons. The largest absolute Gasteiger partial charge is 0.310 e. The summed E-state index contributed by atoms with van der Waals surface area (Å²) in [6.45, 7) is 6.99. The molecule has 16 heavy (non-hydrogen) atoms. The molecule has 1 aromatic rings. The lowest BCUT2D eigenvalue weighted by atomic mass is 10.2. The Morgan fingerprint density at radius 1 is 1.56 bits per heavy atom.